The molecule has 1 saturated carbocycles. The second kappa shape index (κ2) is 15.9. The summed E-state index contributed by atoms with van der Waals surface area (Å²) in [7, 11) is 0. The predicted molar refractivity (Wildman–Crippen MR) is 187 cm³/mol. The summed E-state index contributed by atoms with van der Waals surface area (Å²) in [5.74, 6) is -1.86. The van der Waals surface area contributed by atoms with Crippen LogP contribution in [0, 0.1) is 17.3 Å². The molecule has 0 spiro atoms. The van der Waals surface area contributed by atoms with Crippen molar-refractivity contribution >= 4 is 40.3 Å². The van der Waals surface area contributed by atoms with Crippen molar-refractivity contribution in [2.45, 2.75) is 103 Å². The van der Waals surface area contributed by atoms with E-state index in [1.807, 2.05) is 58.0 Å². The van der Waals surface area contributed by atoms with Crippen molar-refractivity contribution in [1.29, 1.82) is 0 Å². The minimum Gasteiger partial charge on any atom is -0.465 e. The second-order valence-corrected chi connectivity index (χ2v) is 15.5. The SMILES string of the molecule is CCO[C@@H]1C[C@@H]2CN(C(=O)[C@@H](NC(=O)[C@@H](C)C(NC(=O)O)C(C)(C)C)C3CCCCC3)[C@H](C(=O)Nc3snnc3-c3ccccc3)CN2C1. The lowest BCUT2D eigenvalue weighted by molar-refractivity contribution is -0.148. The lowest BCUT2D eigenvalue weighted by atomic mass is 9.78. The molecular formula is C35H51N7O6S. The molecule has 1 aromatic heterocycles. The van der Waals surface area contributed by atoms with Crippen molar-refractivity contribution in [3.63, 3.8) is 0 Å². The van der Waals surface area contributed by atoms with Crippen LogP contribution < -0.4 is 16.0 Å². The number of hydrogen-bond donors (Lipinski definition) is 4. The molecule has 3 fully saturated rings. The molecule has 3 aliphatic rings. The van der Waals surface area contributed by atoms with Gasteiger partial charge in [0.1, 0.15) is 22.8 Å². The zero-order valence-corrected chi connectivity index (χ0v) is 30.0. The molecule has 2 aliphatic heterocycles. The maximum atomic E-state index is 14.9. The number of carboxylic acid groups (broad SMARTS) is 1. The smallest absolute Gasteiger partial charge is 0.404 e. The van der Waals surface area contributed by atoms with Gasteiger partial charge in [0.15, 0.2) is 0 Å². The van der Waals surface area contributed by atoms with Gasteiger partial charge in [-0.2, -0.15) is 0 Å². The van der Waals surface area contributed by atoms with Crippen LogP contribution >= 0.6 is 11.5 Å². The number of anilines is 1. The molecule has 1 aliphatic carbocycles. The molecular weight excluding hydrogens is 646 g/mol. The highest BCUT2D eigenvalue weighted by molar-refractivity contribution is 7.10. The van der Waals surface area contributed by atoms with Gasteiger partial charge in [0.05, 0.1) is 12.0 Å². The number of nitrogens with zero attached hydrogens (tertiary/aromatic N) is 4. The van der Waals surface area contributed by atoms with Gasteiger partial charge in [-0.05, 0) is 37.5 Å². The minimum absolute atomic E-state index is 0.00917. The number of hydrogen-bond acceptors (Lipinski definition) is 9. The molecule has 0 bridgehead atoms. The van der Waals surface area contributed by atoms with Crippen LogP contribution in [0.2, 0.25) is 0 Å². The van der Waals surface area contributed by atoms with Gasteiger partial charge in [0.2, 0.25) is 17.7 Å². The number of amides is 4. The highest BCUT2D eigenvalue weighted by atomic mass is 32.1. The summed E-state index contributed by atoms with van der Waals surface area (Å²) in [6.45, 7) is 11.2. The Balaban J connectivity index is 1.43. The molecule has 1 unspecified atom stereocenters. The Hall–Kier alpha value is -3.62. The van der Waals surface area contributed by atoms with Gasteiger partial charge in [0, 0.05) is 55.4 Å². The van der Waals surface area contributed by atoms with Gasteiger partial charge in [-0.15, -0.1) is 5.10 Å². The third-order valence-corrected chi connectivity index (χ3v) is 10.9. The fraction of sp³-hybridized carbons (Fsp3) is 0.657. The summed E-state index contributed by atoms with van der Waals surface area (Å²) in [4.78, 5) is 58.6. The highest BCUT2D eigenvalue weighted by Crippen LogP contribution is 2.34. The van der Waals surface area contributed by atoms with Gasteiger partial charge < -0.3 is 30.7 Å². The van der Waals surface area contributed by atoms with E-state index in [-0.39, 0.29) is 29.9 Å². The number of nitrogens with one attached hydrogen (secondary N) is 3. The Morgan fingerprint density at radius 2 is 1.76 bits per heavy atom. The van der Waals surface area contributed by atoms with E-state index in [9.17, 15) is 24.3 Å². The van der Waals surface area contributed by atoms with E-state index < -0.39 is 41.5 Å². The summed E-state index contributed by atoms with van der Waals surface area (Å²) in [5, 5.41) is 23.0. The number of fused-ring (bicyclic) bond motifs is 1. The van der Waals surface area contributed by atoms with E-state index >= 15 is 0 Å². The molecule has 268 valence electrons. The quantitative estimate of drug-likeness (QED) is 0.269. The van der Waals surface area contributed by atoms with Gasteiger partial charge in [0.25, 0.3) is 0 Å². The van der Waals surface area contributed by atoms with E-state index in [2.05, 4.69) is 30.4 Å². The highest BCUT2D eigenvalue weighted by Gasteiger charge is 2.48. The predicted octanol–water partition coefficient (Wildman–Crippen LogP) is 4.22. The number of rotatable bonds is 11. The molecule has 5 rings (SSSR count). The summed E-state index contributed by atoms with van der Waals surface area (Å²) in [5.41, 5.74) is 0.832. The van der Waals surface area contributed by atoms with E-state index in [1.54, 1.807) is 11.8 Å². The van der Waals surface area contributed by atoms with Crippen molar-refractivity contribution in [3.8, 4) is 11.3 Å². The number of ether oxygens (including phenoxy) is 1. The van der Waals surface area contributed by atoms with Crippen LogP contribution in [0.25, 0.3) is 11.3 Å². The van der Waals surface area contributed by atoms with Gasteiger partial charge >= 0.3 is 6.09 Å². The van der Waals surface area contributed by atoms with E-state index in [1.165, 1.54) is 0 Å². The van der Waals surface area contributed by atoms with Crippen molar-refractivity contribution < 1.29 is 29.0 Å². The normalized spacial score (nSPS) is 23.6. The molecule has 6 atom stereocenters. The molecule has 1 aromatic carbocycles. The van der Waals surface area contributed by atoms with Crippen LogP contribution in [0.15, 0.2) is 30.3 Å². The topological polar surface area (TPSA) is 166 Å². The Labute approximate surface area is 292 Å². The summed E-state index contributed by atoms with van der Waals surface area (Å²) in [6.07, 6.45) is 4.06. The van der Waals surface area contributed by atoms with Crippen LogP contribution in [0.5, 0.6) is 0 Å². The Kier molecular flexibility index (Phi) is 11.9. The first-order chi connectivity index (χ1) is 23.4. The minimum atomic E-state index is -1.21. The monoisotopic (exact) mass is 697 g/mol. The van der Waals surface area contributed by atoms with Crippen LogP contribution in [0.4, 0.5) is 9.80 Å². The van der Waals surface area contributed by atoms with Crippen LogP contribution in [-0.4, -0.2) is 105 Å². The van der Waals surface area contributed by atoms with Crippen LogP contribution in [0.3, 0.4) is 0 Å². The Bertz CT molecular complexity index is 1460. The summed E-state index contributed by atoms with van der Waals surface area (Å²) < 4.78 is 10.1. The van der Waals surface area contributed by atoms with Crippen LogP contribution in [-0.2, 0) is 19.1 Å². The molecule has 14 heteroatoms. The van der Waals surface area contributed by atoms with Crippen molar-refractivity contribution in [2.24, 2.45) is 17.3 Å². The number of carbonyl (C=O) groups is 4. The zero-order valence-electron chi connectivity index (χ0n) is 29.2. The lowest BCUT2D eigenvalue weighted by Crippen LogP contribution is -2.66. The van der Waals surface area contributed by atoms with Gasteiger partial charge in [-0.25, -0.2) is 4.79 Å². The van der Waals surface area contributed by atoms with Crippen molar-refractivity contribution in [2.75, 3.05) is 31.6 Å². The summed E-state index contributed by atoms with van der Waals surface area (Å²) in [6, 6.07) is 7.15. The van der Waals surface area contributed by atoms with Crippen molar-refractivity contribution in [3.05, 3.63) is 30.3 Å². The molecule has 3 heterocycles. The second-order valence-electron chi connectivity index (χ2n) is 14.7. The molecule has 2 saturated heterocycles. The average Bonchev–Trinajstić information content (AvgIpc) is 3.71. The Morgan fingerprint density at radius 1 is 1.04 bits per heavy atom. The summed E-state index contributed by atoms with van der Waals surface area (Å²) >= 11 is 1.09. The average molecular weight is 698 g/mol. The number of piperazine rings is 1. The molecule has 0 radical (unpaired) electrons. The third-order valence-electron chi connectivity index (χ3n) is 10.3. The van der Waals surface area contributed by atoms with E-state index in [4.69, 9.17) is 4.74 Å². The molecule has 2 aromatic rings. The van der Waals surface area contributed by atoms with Crippen molar-refractivity contribution in [1.82, 2.24) is 30.0 Å². The fourth-order valence-electron chi connectivity index (χ4n) is 7.79. The molecule has 4 amide bonds. The third kappa shape index (κ3) is 8.76. The Morgan fingerprint density at radius 3 is 2.41 bits per heavy atom. The fourth-order valence-corrected chi connectivity index (χ4v) is 8.39. The maximum Gasteiger partial charge on any atom is 0.404 e. The first-order valence-corrected chi connectivity index (χ1v) is 18.3. The number of aromatic nitrogens is 2. The molecule has 49 heavy (non-hydrogen) atoms. The van der Waals surface area contributed by atoms with Crippen LogP contribution in [0.1, 0.15) is 73.1 Å². The van der Waals surface area contributed by atoms with Gasteiger partial charge in [-0.3, -0.25) is 19.3 Å². The standard InChI is InChI=1S/C35H51N7O6S/c1-6-48-25-17-24-18-42(26(20-41(24)19-25)31(44)38-32-27(39-40-49-32)22-13-9-7-10-14-22)33(45)28(23-15-11-8-12-16-23)36-30(43)21(2)29(35(3,4)5)37-34(46)47/h7,9-10,13-14,21,23-26,28-29,37H,6,8,11-12,15-20H2,1-5H3,(H,36,43)(H,38,44)(H,46,47)/t21-,24+,25+,26-,28-,29?/m0/s1. The molecule has 4 N–H and O–H groups in total. The largest absolute Gasteiger partial charge is 0.465 e. The molecule has 13 nitrogen and oxygen atoms in total. The maximum absolute atomic E-state index is 14.9. The lowest BCUT2D eigenvalue weighted by Gasteiger charge is -2.45. The first-order valence-electron chi connectivity index (χ1n) is 17.5. The number of carbonyl (C=O) groups excluding carboxylic acids is 3. The first kappa shape index (κ1) is 36.7. The van der Waals surface area contributed by atoms with E-state index in [0.29, 0.717) is 36.9 Å². The zero-order chi connectivity index (χ0) is 35.3. The number of benzene rings is 1. The van der Waals surface area contributed by atoms with Gasteiger partial charge in [-0.1, -0.05) is 81.8 Å². The van der Waals surface area contributed by atoms with E-state index in [0.717, 1.165) is 55.6 Å².